The number of anilines is 2. The molecule has 0 fully saturated rings. The average Bonchev–Trinajstić information content (AvgIpc) is 2.38. The zero-order chi connectivity index (χ0) is 15.6. The van der Waals surface area contributed by atoms with Gasteiger partial charge in [-0.25, -0.2) is 8.78 Å². The Hall–Kier alpha value is -2.22. The van der Waals surface area contributed by atoms with E-state index >= 15 is 0 Å². The first-order chi connectivity index (χ1) is 9.86. The minimum atomic E-state index is -0.921. The predicted octanol–water partition coefficient (Wildman–Crippen LogP) is 2.11. The molecule has 8 heteroatoms. The molecule has 0 atom stereocenters. The van der Waals surface area contributed by atoms with Crippen LogP contribution in [-0.4, -0.2) is 10.5 Å². The molecular formula is C13H10BrF2N3O2. The van der Waals surface area contributed by atoms with Crippen molar-refractivity contribution in [2.45, 2.75) is 6.54 Å². The molecule has 3 N–H and O–H groups in total. The number of nitrogen functional groups attached to an aromatic ring is 1. The molecule has 2 aromatic rings. The summed E-state index contributed by atoms with van der Waals surface area (Å²) in [7, 11) is 0. The summed E-state index contributed by atoms with van der Waals surface area (Å²) in [6.45, 7) is -0.404. The molecule has 110 valence electrons. The summed E-state index contributed by atoms with van der Waals surface area (Å²) in [4.78, 5) is 23.3. The molecule has 0 aliphatic rings. The third-order valence-electron chi connectivity index (χ3n) is 2.59. The van der Waals surface area contributed by atoms with Crippen molar-refractivity contribution >= 4 is 33.2 Å². The van der Waals surface area contributed by atoms with Gasteiger partial charge < -0.3 is 15.6 Å². The summed E-state index contributed by atoms with van der Waals surface area (Å²) in [5.74, 6) is -2.59. The SMILES string of the molecule is Nc1ccc(=O)n(CC(=O)Nc2c(F)cc(Br)cc2F)c1. The number of nitrogens with zero attached hydrogens (tertiary/aromatic N) is 1. The van der Waals surface area contributed by atoms with Gasteiger partial charge >= 0.3 is 0 Å². The number of hydrogen-bond acceptors (Lipinski definition) is 3. The molecule has 2 rings (SSSR count). The summed E-state index contributed by atoms with van der Waals surface area (Å²) in [5, 5.41) is 2.09. The first kappa shape index (κ1) is 15.2. The Morgan fingerprint density at radius 1 is 1.29 bits per heavy atom. The number of aromatic nitrogens is 1. The van der Waals surface area contributed by atoms with Gasteiger partial charge in [0.25, 0.3) is 5.56 Å². The summed E-state index contributed by atoms with van der Waals surface area (Å²) >= 11 is 2.93. The maximum atomic E-state index is 13.6. The lowest BCUT2D eigenvalue weighted by Gasteiger charge is -2.10. The van der Waals surface area contributed by atoms with E-state index in [4.69, 9.17) is 5.73 Å². The zero-order valence-corrected chi connectivity index (χ0v) is 12.2. The number of nitrogens with two attached hydrogens (primary N) is 1. The number of halogens is 3. The summed E-state index contributed by atoms with van der Waals surface area (Å²) in [6.07, 6.45) is 1.27. The fourth-order valence-corrected chi connectivity index (χ4v) is 2.07. The Balaban J connectivity index is 2.19. The molecule has 0 unspecified atom stereocenters. The third kappa shape index (κ3) is 3.66. The predicted molar refractivity (Wildman–Crippen MR) is 77.8 cm³/mol. The number of carbonyl (C=O) groups is 1. The van der Waals surface area contributed by atoms with Gasteiger partial charge in [-0.05, 0) is 18.2 Å². The molecule has 0 aliphatic carbocycles. The van der Waals surface area contributed by atoms with Crippen LogP contribution in [-0.2, 0) is 11.3 Å². The second-order valence-electron chi connectivity index (χ2n) is 4.22. The van der Waals surface area contributed by atoms with Gasteiger partial charge in [0.15, 0.2) is 11.6 Å². The minimum absolute atomic E-state index is 0.211. The standard InChI is InChI=1S/C13H10BrF2N3O2/c14-7-3-9(15)13(10(16)4-7)18-11(20)6-19-5-8(17)1-2-12(19)21/h1-5H,6,17H2,(H,18,20). The number of rotatable bonds is 3. The second kappa shape index (κ2) is 6.04. The summed E-state index contributed by atoms with van der Waals surface area (Å²) in [6, 6.07) is 4.63. The fourth-order valence-electron chi connectivity index (χ4n) is 1.67. The van der Waals surface area contributed by atoms with Crippen LogP contribution < -0.4 is 16.6 Å². The summed E-state index contributed by atoms with van der Waals surface area (Å²) < 4.78 is 28.4. The first-order valence-electron chi connectivity index (χ1n) is 5.77. The Kier molecular flexibility index (Phi) is 4.37. The lowest BCUT2D eigenvalue weighted by atomic mass is 10.3. The number of carbonyl (C=O) groups excluding carboxylic acids is 1. The van der Waals surface area contributed by atoms with Gasteiger partial charge in [0.2, 0.25) is 5.91 Å². The van der Waals surface area contributed by atoms with Gasteiger partial charge in [-0.15, -0.1) is 0 Å². The van der Waals surface area contributed by atoms with Crippen LogP contribution >= 0.6 is 15.9 Å². The van der Waals surface area contributed by atoms with Crippen LogP contribution in [0.3, 0.4) is 0 Å². The lowest BCUT2D eigenvalue weighted by Crippen LogP contribution is -2.27. The molecule has 0 spiro atoms. The van der Waals surface area contributed by atoms with Crippen LogP contribution in [0.25, 0.3) is 0 Å². The van der Waals surface area contributed by atoms with E-state index in [1.165, 1.54) is 18.3 Å². The fraction of sp³-hybridized carbons (Fsp3) is 0.0769. The average molecular weight is 358 g/mol. The Morgan fingerprint density at radius 2 is 1.90 bits per heavy atom. The van der Waals surface area contributed by atoms with Gasteiger partial charge in [0, 0.05) is 22.4 Å². The Labute approximate surface area is 126 Å². The smallest absolute Gasteiger partial charge is 0.251 e. The monoisotopic (exact) mass is 357 g/mol. The van der Waals surface area contributed by atoms with E-state index in [1.54, 1.807) is 0 Å². The van der Waals surface area contributed by atoms with Crippen LogP contribution in [0, 0.1) is 11.6 Å². The van der Waals surface area contributed by atoms with Crippen molar-refractivity contribution in [2.75, 3.05) is 11.1 Å². The largest absolute Gasteiger partial charge is 0.398 e. The first-order valence-corrected chi connectivity index (χ1v) is 6.56. The molecule has 1 amide bonds. The number of nitrogens with one attached hydrogen (secondary N) is 1. The molecule has 0 bridgehead atoms. The molecule has 0 radical (unpaired) electrons. The van der Waals surface area contributed by atoms with E-state index in [0.717, 1.165) is 16.7 Å². The van der Waals surface area contributed by atoms with E-state index in [9.17, 15) is 18.4 Å². The van der Waals surface area contributed by atoms with Crippen LogP contribution in [0.4, 0.5) is 20.2 Å². The Morgan fingerprint density at radius 3 is 2.52 bits per heavy atom. The van der Waals surface area contributed by atoms with Crippen molar-refractivity contribution < 1.29 is 13.6 Å². The zero-order valence-electron chi connectivity index (χ0n) is 10.6. The van der Waals surface area contributed by atoms with Crippen molar-refractivity contribution in [2.24, 2.45) is 0 Å². The molecule has 1 heterocycles. The Bertz CT molecular complexity index is 738. The van der Waals surface area contributed by atoms with E-state index < -0.39 is 35.3 Å². The molecule has 0 aliphatic heterocycles. The van der Waals surface area contributed by atoms with Gasteiger partial charge in [0.1, 0.15) is 12.2 Å². The molecule has 5 nitrogen and oxygen atoms in total. The number of hydrogen-bond donors (Lipinski definition) is 2. The summed E-state index contributed by atoms with van der Waals surface area (Å²) in [5.41, 5.74) is 4.78. The molecule has 1 aromatic heterocycles. The highest BCUT2D eigenvalue weighted by molar-refractivity contribution is 9.10. The van der Waals surface area contributed by atoms with Crippen molar-refractivity contribution in [1.82, 2.24) is 4.57 Å². The maximum absolute atomic E-state index is 13.6. The number of benzene rings is 1. The van der Waals surface area contributed by atoms with E-state index in [0.29, 0.717) is 5.69 Å². The molecule has 0 saturated carbocycles. The van der Waals surface area contributed by atoms with Crippen LogP contribution in [0.15, 0.2) is 39.7 Å². The van der Waals surface area contributed by atoms with Crippen molar-refractivity contribution in [3.05, 3.63) is 56.9 Å². The van der Waals surface area contributed by atoms with Crippen molar-refractivity contribution in [3.8, 4) is 0 Å². The maximum Gasteiger partial charge on any atom is 0.251 e. The highest BCUT2D eigenvalue weighted by atomic mass is 79.9. The van der Waals surface area contributed by atoms with Gasteiger partial charge in [0.05, 0.1) is 0 Å². The number of amides is 1. The third-order valence-corrected chi connectivity index (χ3v) is 3.05. The van der Waals surface area contributed by atoms with E-state index in [-0.39, 0.29) is 4.47 Å². The normalized spacial score (nSPS) is 10.4. The van der Waals surface area contributed by atoms with Gasteiger partial charge in [-0.1, -0.05) is 15.9 Å². The minimum Gasteiger partial charge on any atom is -0.398 e. The van der Waals surface area contributed by atoms with Gasteiger partial charge in [-0.2, -0.15) is 0 Å². The van der Waals surface area contributed by atoms with Crippen LogP contribution in [0.1, 0.15) is 0 Å². The van der Waals surface area contributed by atoms with E-state index in [1.807, 2.05) is 0 Å². The van der Waals surface area contributed by atoms with Crippen LogP contribution in [0.5, 0.6) is 0 Å². The van der Waals surface area contributed by atoms with Gasteiger partial charge in [-0.3, -0.25) is 9.59 Å². The molecular weight excluding hydrogens is 348 g/mol. The lowest BCUT2D eigenvalue weighted by molar-refractivity contribution is -0.116. The highest BCUT2D eigenvalue weighted by Gasteiger charge is 2.14. The molecule has 0 saturated heterocycles. The van der Waals surface area contributed by atoms with Crippen molar-refractivity contribution in [1.29, 1.82) is 0 Å². The van der Waals surface area contributed by atoms with Crippen LogP contribution in [0.2, 0.25) is 0 Å². The highest BCUT2D eigenvalue weighted by Crippen LogP contribution is 2.23. The topological polar surface area (TPSA) is 77.1 Å². The molecule has 21 heavy (non-hydrogen) atoms. The quantitative estimate of drug-likeness (QED) is 0.882. The van der Waals surface area contributed by atoms with Crippen molar-refractivity contribution in [3.63, 3.8) is 0 Å². The second-order valence-corrected chi connectivity index (χ2v) is 5.14. The molecule has 1 aromatic carbocycles. The number of pyridine rings is 1. The van der Waals surface area contributed by atoms with E-state index in [2.05, 4.69) is 21.2 Å².